The lowest BCUT2D eigenvalue weighted by Crippen LogP contribution is -2.35. The number of halogens is 1. The standard InChI is InChI=1S/C14H20BrNO/c15-13-5-3-12-10-14(6-4-11(12)9-13)16-7-1-2-8-17/h3,5,9,14,16-17H,1-2,4,6-8,10H2. The van der Waals surface area contributed by atoms with E-state index < -0.39 is 0 Å². The first-order chi connectivity index (χ1) is 8.29. The number of fused-ring (bicyclic) bond motifs is 1. The quantitative estimate of drug-likeness (QED) is 0.819. The predicted molar refractivity (Wildman–Crippen MR) is 74.3 cm³/mol. The van der Waals surface area contributed by atoms with Crippen molar-refractivity contribution in [2.24, 2.45) is 0 Å². The van der Waals surface area contributed by atoms with Gasteiger partial charge in [0.2, 0.25) is 0 Å². The molecular formula is C14H20BrNO. The molecule has 1 aliphatic carbocycles. The van der Waals surface area contributed by atoms with Gasteiger partial charge in [-0.05, 0) is 61.9 Å². The third kappa shape index (κ3) is 3.80. The molecule has 1 unspecified atom stereocenters. The fourth-order valence-electron chi connectivity index (χ4n) is 2.44. The van der Waals surface area contributed by atoms with Crippen LogP contribution in [0.25, 0.3) is 0 Å². The van der Waals surface area contributed by atoms with Crippen LogP contribution in [0.3, 0.4) is 0 Å². The number of aliphatic hydroxyl groups excluding tert-OH is 1. The van der Waals surface area contributed by atoms with Crippen LogP contribution in [0, 0.1) is 0 Å². The molecule has 1 atom stereocenters. The molecule has 0 saturated carbocycles. The Morgan fingerprint density at radius 3 is 3.00 bits per heavy atom. The number of hydrogen-bond acceptors (Lipinski definition) is 2. The minimum absolute atomic E-state index is 0.309. The van der Waals surface area contributed by atoms with Gasteiger partial charge in [0.1, 0.15) is 0 Å². The van der Waals surface area contributed by atoms with Crippen LogP contribution < -0.4 is 5.32 Å². The van der Waals surface area contributed by atoms with Crippen LogP contribution in [-0.4, -0.2) is 24.3 Å². The lowest BCUT2D eigenvalue weighted by Gasteiger charge is -2.25. The molecule has 1 aromatic carbocycles. The summed E-state index contributed by atoms with van der Waals surface area (Å²) in [6.07, 6.45) is 5.51. The van der Waals surface area contributed by atoms with Gasteiger partial charge in [0.25, 0.3) is 0 Å². The summed E-state index contributed by atoms with van der Waals surface area (Å²) in [5.41, 5.74) is 2.98. The van der Waals surface area contributed by atoms with Crippen LogP contribution in [-0.2, 0) is 12.8 Å². The molecule has 0 heterocycles. The van der Waals surface area contributed by atoms with Crippen molar-refractivity contribution in [1.29, 1.82) is 0 Å². The van der Waals surface area contributed by atoms with E-state index in [9.17, 15) is 0 Å². The molecule has 0 saturated heterocycles. The Morgan fingerprint density at radius 2 is 2.18 bits per heavy atom. The van der Waals surface area contributed by atoms with E-state index in [4.69, 9.17) is 5.11 Å². The molecule has 0 spiro atoms. The fourth-order valence-corrected chi connectivity index (χ4v) is 2.85. The van der Waals surface area contributed by atoms with Crippen molar-refractivity contribution in [2.45, 2.75) is 38.1 Å². The molecule has 17 heavy (non-hydrogen) atoms. The third-order valence-corrected chi connectivity index (χ3v) is 3.91. The zero-order chi connectivity index (χ0) is 12.1. The summed E-state index contributed by atoms with van der Waals surface area (Å²) in [6, 6.07) is 7.23. The molecule has 2 nitrogen and oxygen atoms in total. The Bertz CT molecular complexity index is 367. The zero-order valence-corrected chi connectivity index (χ0v) is 11.7. The van der Waals surface area contributed by atoms with Gasteiger partial charge in [0.05, 0.1) is 0 Å². The predicted octanol–water partition coefficient (Wildman–Crippen LogP) is 2.67. The number of hydrogen-bond donors (Lipinski definition) is 2. The second-order valence-corrected chi connectivity index (χ2v) is 5.65. The highest BCUT2D eigenvalue weighted by atomic mass is 79.9. The first-order valence-electron chi connectivity index (χ1n) is 6.41. The van der Waals surface area contributed by atoms with Gasteiger partial charge in [-0.15, -0.1) is 0 Å². The maximum Gasteiger partial charge on any atom is 0.0431 e. The second kappa shape index (κ2) is 6.53. The van der Waals surface area contributed by atoms with Crippen LogP contribution in [0.4, 0.5) is 0 Å². The van der Waals surface area contributed by atoms with E-state index in [1.807, 2.05) is 0 Å². The highest BCUT2D eigenvalue weighted by Crippen LogP contribution is 2.24. The summed E-state index contributed by atoms with van der Waals surface area (Å²) in [7, 11) is 0. The van der Waals surface area contributed by atoms with Crippen LogP contribution in [0.5, 0.6) is 0 Å². The van der Waals surface area contributed by atoms with Crippen molar-refractivity contribution in [1.82, 2.24) is 5.32 Å². The van der Waals surface area contributed by atoms with Crippen LogP contribution in [0.1, 0.15) is 30.4 Å². The van der Waals surface area contributed by atoms with Gasteiger partial charge in [-0.2, -0.15) is 0 Å². The van der Waals surface area contributed by atoms with Gasteiger partial charge in [-0.3, -0.25) is 0 Å². The zero-order valence-electron chi connectivity index (χ0n) is 10.1. The Labute approximate surface area is 112 Å². The topological polar surface area (TPSA) is 32.3 Å². The smallest absolute Gasteiger partial charge is 0.0431 e. The number of rotatable bonds is 5. The maximum absolute atomic E-state index is 8.73. The molecule has 1 aliphatic rings. The molecule has 1 aromatic rings. The molecule has 94 valence electrons. The minimum atomic E-state index is 0.309. The van der Waals surface area contributed by atoms with Crippen molar-refractivity contribution in [3.8, 4) is 0 Å². The van der Waals surface area contributed by atoms with E-state index in [1.54, 1.807) is 0 Å². The van der Waals surface area contributed by atoms with E-state index >= 15 is 0 Å². The Morgan fingerprint density at radius 1 is 1.29 bits per heavy atom. The average Bonchev–Trinajstić information content (AvgIpc) is 2.35. The van der Waals surface area contributed by atoms with Crippen molar-refractivity contribution < 1.29 is 5.11 Å². The van der Waals surface area contributed by atoms with Gasteiger partial charge in [0.15, 0.2) is 0 Å². The molecule has 0 amide bonds. The first-order valence-corrected chi connectivity index (χ1v) is 7.20. The number of unbranched alkanes of at least 4 members (excludes halogenated alkanes) is 1. The second-order valence-electron chi connectivity index (χ2n) is 4.74. The molecule has 0 aromatic heterocycles. The molecule has 0 aliphatic heterocycles. The van der Waals surface area contributed by atoms with Crippen LogP contribution in [0.2, 0.25) is 0 Å². The van der Waals surface area contributed by atoms with Crippen LogP contribution >= 0.6 is 15.9 Å². The van der Waals surface area contributed by atoms with Crippen molar-refractivity contribution in [3.63, 3.8) is 0 Å². The van der Waals surface area contributed by atoms with Gasteiger partial charge in [-0.1, -0.05) is 22.0 Å². The maximum atomic E-state index is 8.73. The normalized spacial score (nSPS) is 19.1. The summed E-state index contributed by atoms with van der Waals surface area (Å²) >= 11 is 3.53. The largest absolute Gasteiger partial charge is 0.396 e. The Balaban J connectivity index is 1.84. The third-order valence-electron chi connectivity index (χ3n) is 3.41. The monoisotopic (exact) mass is 297 g/mol. The van der Waals surface area contributed by atoms with Gasteiger partial charge in [0, 0.05) is 17.1 Å². The van der Waals surface area contributed by atoms with Crippen LogP contribution in [0.15, 0.2) is 22.7 Å². The summed E-state index contributed by atoms with van der Waals surface area (Å²) in [5, 5.41) is 12.3. The molecule has 3 heteroatoms. The van der Waals surface area contributed by atoms with Gasteiger partial charge >= 0.3 is 0 Å². The molecule has 0 fully saturated rings. The van der Waals surface area contributed by atoms with E-state index in [0.29, 0.717) is 12.6 Å². The molecule has 2 N–H and O–H groups in total. The molecule has 0 bridgehead atoms. The lowest BCUT2D eigenvalue weighted by molar-refractivity contribution is 0.282. The van der Waals surface area contributed by atoms with E-state index in [-0.39, 0.29) is 0 Å². The van der Waals surface area contributed by atoms with Gasteiger partial charge < -0.3 is 10.4 Å². The average molecular weight is 298 g/mol. The number of nitrogens with one attached hydrogen (secondary N) is 1. The summed E-state index contributed by atoms with van der Waals surface area (Å²) in [5.74, 6) is 0. The summed E-state index contributed by atoms with van der Waals surface area (Å²) in [6.45, 7) is 1.33. The summed E-state index contributed by atoms with van der Waals surface area (Å²) in [4.78, 5) is 0. The van der Waals surface area contributed by atoms with E-state index in [1.165, 1.54) is 28.4 Å². The SMILES string of the molecule is OCCCCNC1CCc2cc(Br)ccc2C1. The fraction of sp³-hybridized carbons (Fsp3) is 0.571. The number of aliphatic hydroxyl groups is 1. The summed E-state index contributed by atoms with van der Waals surface area (Å²) < 4.78 is 1.19. The van der Waals surface area contributed by atoms with Gasteiger partial charge in [-0.25, -0.2) is 0 Å². The van der Waals surface area contributed by atoms with Crippen molar-refractivity contribution in [2.75, 3.05) is 13.2 Å². The minimum Gasteiger partial charge on any atom is -0.396 e. The molecule has 2 rings (SSSR count). The Kier molecular flexibility index (Phi) is 5.01. The van der Waals surface area contributed by atoms with E-state index in [2.05, 4.69) is 39.4 Å². The van der Waals surface area contributed by atoms with Crippen molar-refractivity contribution >= 4 is 15.9 Å². The van der Waals surface area contributed by atoms with Crippen molar-refractivity contribution in [3.05, 3.63) is 33.8 Å². The highest BCUT2D eigenvalue weighted by Gasteiger charge is 2.17. The molecule has 0 radical (unpaired) electrons. The van der Waals surface area contributed by atoms with E-state index in [0.717, 1.165) is 25.8 Å². The highest BCUT2D eigenvalue weighted by molar-refractivity contribution is 9.10. The molecular weight excluding hydrogens is 278 g/mol. The number of aryl methyl sites for hydroxylation is 1. The first kappa shape index (κ1) is 13.1. The Hall–Kier alpha value is -0.380. The lowest BCUT2D eigenvalue weighted by atomic mass is 9.88. The number of benzene rings is 1.